The highest BCUT2D eigenvalue weighted by Crippen LogP contribution is 2.27. The number of nitrogens with zero attached hydrogens (tertiary/aromatic N) is 2. The lowest BCUT2D eigenvalue weighted by molar-refractivity contribution is 0.592. The first-order valence-electron chi connectivity index (χ1n) is 6.23. The van der Waals surface area contributed by atoms with Gasteiger partial charge < -0.3 is 10.6 Å². The molecule has 1 aromatic carbocycles. The second kappa shape index (κ2) is 5.80. The van der Waals surface area contributed by atoms with Crippen molar-refractivity contribution in [3.63, 3.8) is 0 Å². The second-order valence-electron chi connectivity index (χ2n) is 4.68. The average molecular weight is 259 g/mol. The zero-order valence-electron chi connectivity index (χ0n) is 11.2. The molecule has 0 saturated heterocycles. The van der Waals surface area contributed by atoms with Gasteiger partial charge in [0.1, 0.15) is 5.82 Å². The van der Waals surface area contributed by atoms with Crippen LogP contribution >= 0.6 is 0 Å². The van der Waals surface area contributed by atoms with Crippen molar-refractivity contribution in [1.82, 2.24) is 4.98 Å². The van der Waals surface area contributed by atoms with Gasteiger partial charge in [0.25, 0.3) is 0 Å². The molecule has 0 unspecified atom stereocenters. The van der Waals surface area contributed by atoms with Gasteiger partial charge in [0.15, 0.2) is 0 Å². The van der Waals surface area contributed by atoms with E-state index in [9.17, 15) is 4.39 Å². The normalized spacial score (nSPS) is 12.2. The Hall–Kier alpha value is -1.94. The van der Waals surface area contributed by atoms with Crippen LogP contribution < -0.4 is 10.6 Å². The lowest BCUT2D eigenvalue weighted by Crippen LogP contribution is -2.21. The summed E-state index contributed by atoms with van der Waals surface area (Å²) in [5.41, 5.74) is 8.31. The van der Waals surface area contributed by atoms with E-state index in [1.165, 1.54) is 6.07 Å². The van der Waals surface area contributed by atoms with E-state index in [0.29, 0.717) is 12.1 Å². The first-order chi connectivity index (χ1) is 9.09. The van der Waals surface area contributed by atoms with Crippen LogP contribution in [0.2, 0.25) is 0 Å². The zero-order chi connectivity index (χ0) is 13.8. The van der Waals surface area contributed by atoms with E-state index in [1.807, 2.05) is 30.1 Å². The van der Waals surface area contributed by atoms with E-state index in [4.69, 9.17) is 5.73 Å². The van der Waals surface area contributed by atoms with Crippen molar-refractivity contribution >= 4 is 5.69 Å². The minimum atomic E-state index is -0.340. The summed E-state index contributed by atoms with van der Waals surface area (Å²) in [6.07, 6.45) is 3.54. The SMILES string of the molecule is C[C@@H](N)c1c(F)cccc1N(C)Cc1cccnc1. The first-order valence-corrected chi connectivity index (χ1v) is 6.23. The fourth-order valence-corrected chi connectivity index (χ4v) is 2.16. The zero-order valence-corrected chi connectivity index (χ0v) is 11.2. The van der Waals surface area contributed by atoms with E-state index in [2.05, 4.69) is 4.98 Å². The van der Waals surface area contributed by atoms with Gasteiger partial charge in [-0.3, -0.25) is 4.98 Å². The monoisotopic (exact) mass is 259 g/mol. The number of hydrogen-bond acceptors (Lipinski definition) is 3. The number of anilines is 1. The van der Waals surface area contributed by atoms with Crippen molar-refractivity contribution in [3.8, 4) is 0 Å². The molecule has 0 fully saturated rings. The van der Waals surface area contributed by atoms with Gasteiger partial charge in [-0.15, -0.1) is 0 Å². The summed E-state index contributed by atoms with van der Waals surface area (Å²) in [5.74, 6) is -0.259. The van der Waals surface area contributed by atoms with Gasteiger partial charge in [0.05, 0.1) is 0 Å². The summed E-state index contributed by atoms with van der Waals surface area (Å²) in [6.45, 7) is 2.46. The number of rotatable bonds is 4. The molecule has 19 heavy (non-hydrogen) atoms. The predicted molar refractivity (Wildman–Crippen MR) is 75.3 cm³/mol. The van der Waals surface area contributed by atoms with Crippen LogP contribution in [0.25, 0.3) is 0 Å². The molecule has 0 saturated carbocycles. The molecule has 100 valence electrons. The lowest BCUT2D eigenvalue weighted by Gasteiger charge is -2.24. The van der Waals surface area contributed by atoms with Gasteiger partial charge in [0.2, 0.25) is 0 Å². The summed E-state index contributed by atoms with van der Waals surface area (Å²) in [5, 5.41) is 0. The molecule has 0 aliphatic heterocycles. The van der Waals surface area contributed by atoms with Crippen molar-refractivity contribution in [2.75, 3.05) is 11.9 Å². The standard InChI is InChI=1S/C15H18FN3/c1-11(17)15-13(16)6-3-7-14(15)19(2)10-12-5-4-8-18-9-12/h3-9,11H,10,17H2,1-2H3/t11-/m1/s1. The summed E-state index contributed by atoms with van der Waals surface area (Å²) in [6, 6.07) is 8.58. The molecule has 2 rings (SSSR count). The Kier molecular flexibility index (Phi) is 4.12. The van der Waals surface area contributed by atoms with E-state index >= 15 is 0 Å². The topological polar surface area (TPSA) is 42.1 Å². The Balaban J connectivity index is 2.29. The number of halogens is 1. The number of nitrogens with two attached hydrogens (primary N) is 1. The number of aromatic nitrogens is 1. The van der Waals surface area contributed by atoms with Gasteiger partial charge in [-0.05, 0) is 30.7 Å². The third kappa shape index (κ3) is 3.09. The van der Waals surface area contributed by atoms with Crippen LogP contribution in [0.4, 0.5) is 10.1 Å². The van der Waals surface area contributed by atoms with Crippen molar-refractivity contribution in [3.05, 3.63) is 59.7 Å². The van der Waals surface area contributed by atoms with Gasteiger partial charge >= 0.3 is 0 Å². The van der Waals surface area contributed by atoms with E-state index in [1.54, 1.807) is 25.4 Å². The number of pyridine rings is 1. The Bertz CT molecular complexity index is 540. The lowest BCUT2D eigenvalue weighted by atomic mass is 10.0. The fourth-order valence-electron chi connectivity index (χ4n) is 2.16. The smallest absolute Gasteiger partial charge is 0.130 e. The highest BCUT2D eigenvalue weighted by atomic mass is 19.1. The number of benzene rings is 1. The molecule has 1 aromatic heterocycles. The molecule has 1 heterocycles. The Morgan fingerprint density at radius 3 is 2.74 bits per heavy atom. The molecule has 0 bridgehead atoms. The average Bonchev–Trinajstić information content (AvgIpc) is 2.39. The molecule has 2 aromatic rings. The number of hydrogen-bond donors (Lipinski definition) is 1. The van der Waals surface area contributed by atoms with Gasteiger partial charge in [-0.2, -0.15) is 0 Å². The minimum absolute atomic E-state index is 0.259. The van der Waals surface area contributed by atoms with E-state index < -0.39 is 0 Å². The second-order valence-corrected chi connectivity index (χ2v) is 4.68. The molecular weight excluding hydrogens is 241 g/mol. The van der Waals surface area contributed by atoms with Gasteiger partial charge in [0, 0.05) is 43.3 Å². The van der Waals surface area contributed by atoms with Crippen molar-refractivity contribution in [2.24, 2.45) is 5.73 Å². The van der Waals surface area contributed by atoms with Crippen LogP contribution in [0.1, 0.15) is 24.1 Å². The molecular formula is C15H18FN3. The maximum absolute atomic E-state index is 13.9. The molecule has 0 amide bonds. The van der Waals surface area contributed by atoms with Crippen LogP contribution in [0.3, 0.4) is 0 Å². The fraction of sp³-hybridized carbons (Fsp3) is 0.267. The third-order valence-corrected chi connectivity index (χ3v) is 3.04. The summed E-state index contributed by atoms with van der Waals surface area (Å²) < 4.78 is 13.9. The molecule has 1 atom stereocenters. The highest BCUT2D eigenvalue weighted by molar-refractivity contribution is 5.55. The highest BCUT2D eigenvalue weighted by Gasteiger charge is 2.15. The summed E-state index contributed by atoms with van der Waals surface area (Å²) >= 11 is 0. The molecule has 4 heteroatoms. The Morgan fingerprint density at radius 1 is 1.32 bits per heavy atom. The molecule has 0 spiro atoms. The van der Waals surface area contributed by atoms with Gasteiger partial charge in [-0.1, -0.05) is 12.1 Å². The first kappa shape index (κ1) is 13.5. The minimum Gasteiger partial charge on any atom is -0.370 e. The van der Waals surface area contributed by atoms with Crippen LogP contribution in [0, 0.1) is 5.82 Å². The Morgan fingerprint density at radius 2 is 2.11 bits per heavy atom. The van der Waals surface area contributed by atoms with Crippen LogP contribution in [0.5, 0.6) is 0 Å². The molecule has 2 N–H and O–H groups in total. The van der Waals surface area contributed by atoms with Crippen LogP contribution in [-0.2, 0) is 6.54 Å². The van der Waals surface area contributed by atoms with Crippen molar-refractivity contribution in [1.29, 1.82) is 0 Å². The maximum Gasteiger partial charge on any atom is 0.130 e. The predicted octanol–water partition coefficient (Wildman–Crippen LogP) is 2.88. The van der Waals surface area contributed by atoms with Crippen LogP contribution in [-0.4, -0.2) is 12.0 Å². The van der Waals surface area contributed by atoms with Crippen LogP contribution in [0.15, 0.2) is 42.7 Å². The molecule has 0 radical (unpaired) electrons. The van der Waals surface area contributed by atoms with Gasteiger partial charge in [-0.25, -0.2) is 4.39 Å². The quantitative estimate of drug-likeness (QED) is 0.918. The molecule has 0 aliphatic rings. The molecule has 0 aliphatic carbocycles. The van der Waals surface area contributed by atoms with Crippen molar-refractivity contribution in [2.45, 2.75) is 19.5 Å². The van der Waals surface area contributed by atoms with E-state index in [-0.39, 0.29) is 11.9 Å². The summed E-state index contributed by atoms with van der Waals surface area (Å²) in [7, 11) is 1.92. The largest absolute Gasteiger partial charge is 0.370 e. The maximum atomic E-state index is 13.9. The van der Waals surface area contributed by atoms with E-state index in [0.717, 1.165) is 11.3 Å². The molecule has 3 nitrogen and oxygen atoms in total. The third-order valence-electron chi connectivity index (χ3n) is 3.04. The van der Waals surface area contributed by atoms with Crippen molar-refractivity contribution < 1.29 is 4.39 Å². The summed E-state index contributed by atoms with van der Waals surface area (Å²) in [4.78, 5) is 6.07. The Labute approximate surface area is 112 Å².